The largest absolute Gasteiger partial charge is 0.497 e. The van der Waals surface area contributed by atoms with Crippen LogP contribution in [-0.4, -0.2) is 39.1 Å². The fourth-order valence-electron chi connectivity index (χ4n) is 4.02. The van der Waals surface area contributed by atoms with Crippen LogP contribution < -0.4 is 24.3 Å². The standard InChI is InChI=1S/C29H29NO7/c1-5-35-24-13-11-18(15-25(24)36-6-2)16-26(31)30-27-20-9-7-8-10-23(20)37-29(27)28(32)21-17-19(33-3)12-14-22(21)34-4/h7-15,17H,5-6,16H2,1-4H3,(H,30,31). The number of benzene rings is 3. The molecule has 0 radical (unpaired) electrons. The average molecular weight is 504 g/mol. The Balaban J connectivity index is 1.67. The minimum atomic E-state index is -0.443. The molecule has 0 saturated heterocycles. The van der Waals surface area contributed by atoms with Crippen molar-refractivity contribution in [2.45, 2.75) is 20.3 Å². The Morgan fingerprint density at radius 2 is 1.57 bits per heavy atom. The third-order valence-corrected chi connectivity index (χ3v) is 5.69. The van der Waals surface area contributed by atoms with Crippen molar-refractivity contribution in [3.8, 4) is 23.0 Å². The molecule has 0 unspecified atom stereocenters. The second-order valence-electron chi connectivity index (χ2n) is 8.07. The molecule has 0 bridgehead atoms. The fourth-order valence-corrected chi connectivity index (χ4v) is 4.02. The normalized spacial score (nSPS) is 10.7. The van der Waals surface area contributed by atoms with Crippen LogP contribution in [0, 0.1) is 0 Å². The van der Waals surface area contributed by atoms with Crippen LogP contribution >= 0.6 is 0 Å². The van der Waals surface area contributed by atoms with E-state index in [9.17, 15) is 9.59 Å². The molecule has 3 aromatic carbocycles. The van der Waals surface area contributed by atoms with Crippen LogP contribution in [0.5, 0.6) is 23.0 Å². The molecule has 0 aliphatic carbocycles. The zero-order valence-electron chi connectivity index (χ0n) is 21.3. The van der Waals surface area contributed by atoms with Gasteiger partial charge in [-0.1, -0.05) is 18.2 Å². The van der Waals surface area contributed by atoms with Crippen molar-refractivity contribution in [3.63, 3.8) is 0 Å². The monoisotopic (exact) mass is 503 g/mol. The summed E-state index contributed by atoms with van der Waals surface area (Å²) in [6.07, 6.45) is 0.0576. The minimum Gasteiger partial charge on any atom is -0.497 e. The van der Waals surface area contributed by atoms with Gasteiger partial charge in [-0.2, -0.15) is 0 Å². The van der Waals surface area contributed by atoms with Gasteiger partial charge in [-0.3, -0.25) is 9.59 Å². The third kappa shape index (κ3) is 5.53. The predicted octanol–water partition coefficient (Wildman–Crippen LogP) is 5.66. The molecule has 0 fully saturated rings. The van der Waals surface area contributed by atoms with Crippen LogP contribution in [0.15, 0.2) is 65.1 Å². The van der Waals surface area contributed by atoms with E-state index in [-0.39, 0.29) is 23.7 Å². The van der Waals surface area contributed by atoms with Gasteiger partial charge < -0.3 is 28.7 Å². The number of fused-ring (bicyclic) bond motifs is 1. The molecule has 37 heavy (non-hydrogen) atoms. The van der Waals surface area contributed by atoms with Crippen molar-refractivity contribution in [3.05, 3.63) is 77.6 Å². The van der Waals surface area contributed by atoms with Gasteiger partial charge in [0.1, 0.15) is 17.1 Å². The average Bonchev–Trinajstić information content (AvgIpc) is 3.27. The van der Waals surface area contributed by atoms with E-state index in [4.69, 9.17) is 23.4 Å². The first kappa shape index (κ1) is 25.6. The van der Waals surface area contributed by atoms with Gasteiger partial charge in [0.2, 0.25) is 11.7 Å². The molecule has 0 atom stereocenters. The second kappa shape index (κ2) is 11.5. The Hall–Kier alpha value is -4.46. The van der Waals surface area contributed by atoms with Gasteiger partial charge in [0.25, 0.3) is 0 Å². The summed E-state index contributed by atoms with van der Waals surface area (Å²) >= 11 is 0. The number of amides is 1. The van der Waals surface area contributed by atoms with E-state index in [0.717, 1.165) is 5.56 Å². The number of methoxy groups -OCH3 is 2. The number of hydrogen-bond acceptors (Lipinski definition) is 7. The number of carbonyl (C=O) groups is 2. The number of ketones is 1. The highest BCUT2D eigenvalue weighted by atomic mass is 16.5. The molecule has 1 heterocycles. The van der Waals surface area contributed by atoms with E-state index < -0.39 is 5.78 Å². The minimum absolute atomic E-state index is 0.00259. The molecule has 0 spiro atoms. The zero-order valence-corrected chi connectivity index (χ0v) is 21.3. The Labute approximate surface area is 215 Å². The molecule has 0 saturated carbocycles. The number of carbonyl (C=O) groups excluding carboxylic acids is 2. The van der Waals surface area contributed by atoms with E-state index in [2.05, 4.69) is 5.32 Å². The molecule has 8 nitrogen and oxygen atoms in total. The topological polar surface area (TPSA) is 96.2 Å². The van der Waals surface area contributed by atoms with Gasteiger partial charge in [-0.25, -0.2) is 0 Å². The number of nitrogens with one attached hydrogen (secondary N) is 1. The lowest BCUT2D eigenvalue weighted by Crippen LogP contribution is -2.16. The highest BCUT2D eigenvalue weighted by Crippen LogP contribution is 2.35. The maximum atomic E-state index is 13.6. The molecular formula is C29H29NO7. The van der Waals surface area contributed by atoms with Crippen LogP contribution in [0.25, 0.3) is 11.0 Å². The van der Waals surface area contributed by atoms with Gasteiger partial charge in [-0.05, 0) is 61.9 Å². The predicted molar refractivity (Wildman–Crippen MR) is 140 cm³/mol. The first-order valence-electron chi connectivity index (χ1n) is 12.0. The number of rotatable bonds is 11. The van der Waals surface area contributed by atoms with Crippen molar-refractivity contribution >= 4 is 28.3 Å². The Kier molecular flexibility index (Phi) is 7.98. The van der Waals surface area contributed by atoms with Gasteiger partial charge in [0.15, 0.2) is 17.3 Å². The van der Waals surface area contributed by atoms with Gasteiger partial charge in [0, 0.05) is 5.39 Å². The van der Waals surface area contributed by atoms with E-state index in [1.807, 2.05) is 26.0 Å². The van der Waals surface area contributed by atoms with E-state index in [1.165, 1.54) is 14.2 Å². The summed E-state index contributed by atoms with van der Waals surface area (Å²) in [7, 11) is 2.99. The van der Waals surface area contributed by atoms with Crippen LogP contribution in [0.3, 0.4) is 0 Å². The summed E-state index contributed by atoms with van der Waals surface area (Å²) in [6.45, 7) is 4.75. The van der Waals surface area contributed by atoms with E-state index in [1.54, 1.807) is 48.5 Å². The van der Waals surface area contributed by atoms with Crippen LogP contribution in [0.4, 0.5) is 5.69 Å². The van der Waals surface area contributed by atoms with E-state index in [0.29, 0.717) is 52.9 Å². The Morgan fingerprint density at radius 1 is 0.838 bits per heavy atom. The van der Waals surface area contributed by atoms with Crippen molar-refractivity contribution < 1.29 is 33.0 Å². The third-order valence-electron chi connectivity index (χ3n) is 5.69. The number of anilines is 1. The van der Waals surface area contributed by atoms with Crippen molar-refractivity contribution in [1.82, 2.24) is 0 Å². The van der Waals surface area contributed by atoms with Crippen molar-refractivity contribution in [2.75, 3.05) is 32.8 Å². The summed E-state index contributed by atoms with van der Waals surface area (Å²) in [4.78, 5) is 26.8. The van der Waals surface area contributed by atoms with Crippen molar-refractivity contribution in [1.29, 1.82) is 0 Å². The molecule has 1 aromatic heterocycles. The van der Waals surface area contributed by atoms with Crippen LogP contribution in [-0.2, 0) is 11.2 Å². The summed E-state index contributed by atoms with van der Waals surface area (Å²) in [5.41, 5.74) is 1.76. The summed E-state index contributed by atoms with van der Waals surface area (Å²) < 4.78 is 27.9. The molecule has 4 rings (SSSR count). The van der Waals surface area contributed by atoms with E-state index >= 15 is 0 Å². The number of ether oxygens (including phenoxy) is 4. The fraction of sp³-hybridized carbons (Fsp3) is 0.241. The second-order valence-corrected chi connectivity index (χ2v) is 8.07. The molecule has 0 aliphatic rings. The summed E-state index contributed by atoms with van der Waals surface area (Å²) in [5.74, 6) is 1.29. The first-order chi connectivity index (χ1) is 18.0. The maximum Gasteiger partial charge on any atom is 0.234 e. The zero-order chi connectivity index (χ0) is 26.4. The van der Waals surface area contributed by atoms with Gasteiger partial charge >= 0.3 is 0 Å². The first-order valence-corrected chi connectivity index (χ1v) is 12.0. The number of para-hydroxylation sites is 1. The lowest BCUT2D eigenvalue weighted by atomic mass is 10.0. The SMILES string of the molecule is CCOc1ccc(CC(=O)Nc2c(C(=O)c3cc(OC)ccc3OC)oc3ccccc23)cc1OCC. The Morgan fingerprint density at radius 3 is 2.30 bits per heavy atom. The maximum absolute atomic E-state index is 13.6. The smallest absolute Gasteiger partial charge is 0.234 e. The molecule has 192 valence electrons. The molecule has 8 heteroatoms. The van der Waals surface area contributed by atoms with Crippen molar-refractivity contribution in [2.24, 2.45) is 0 Å². The molecule has 1 amide bonds. The van der Waals surface area contributed by atoms with Gasteiger partial charge in [0.05, 0.1) is 45.1 Å². The van der Waals surface area contributed by atoms with Crippen LogP contribution in [0.2, 0.25) is 0 Å². The van der Waals surface area contributed by atoms with Crippen LogP contribution in [0.1, 0.15) is 35.5 Å². The van der Waals surface area contributed by atoms with Gasteiger partial charge in [-0.15, -0.1) is 0 Å². The molecular weight excluding hydrogens is 474 g/mol. The molecule has 0 aliphatic heterocycles. The summed E-state index contributed by atoms with van der Waals surface area (Å²) in [5, 5.41) is 3.51. The number of furan rings is 1. The highest BCUT2D eigenvalue weighted by Gasteiger charge is 2.26. The lowest BCUT2D eigenvalue weighted by molar-refractivity contribution is -0.115. The lowest BCUT2D eigenvalue weighted by Gasteiger charge is -2.13. The quantitative estimate of drug-likeness (QED) is 0.264. The highest BCUT2D eigenvalue weighted by molar-refractivity contribution is 6.18. The number of hydrogen-bond donors (Lipinski definition) is 1. The molecule has 1 N–H and O–H groups in total. The Bertz CT molecular complexity index is 1420. The summed E-state index contributed by atoms with van der Waals surface area (Å²) in [6, 6.07) is 17.5. The molecule has 4 aromatic rings.